The van der Waals surface area contributed by atoms with Gasteiger partial charge in [-0.25, -0.2) is 4.99 Å². The van der Waals surface area contributed by atoms with Crippen LogP contribution in [0.1, 0.15) is 17.5 Å². The zero-order valence-electron chi connectivity index (χ0n) is 17.5. The molecule has 1 aromatic heterocycles. The third-order valence-electron chi connectivity index (χ3n) is 5.65. The average Bonchev–Trinajstić information content (AvgIpc) is 3.42. The minimum Gasteiger partial charge on any atom is -0.494 e. The summed E-state index contributed by atoms with van der Waals surface area (Å²) < 4.78 is 0. The van der Waals surface area contributed by atoms with E-state index in [2.05, 4.69) is 20.4 Å². The molecule has 3 heterocycles. The van der Waals surface area contributed by atoms with Crippen LogP contribution >= 0.6 is 12.4 Å². The summed E-state index contributed by atoms with van der Waals surface area (Å²) in [5, 5.41) is 18.7. The predicted octanol–water partition coefficient (Wildman–Crippen LogP) is 2.97. The topological polar surface area (TPSA) is 102 Å². The molecule has 9 heteroatoms. The minimum absolute atomic E-state index is 0. The van der Waals surface area contributed by atoms with Crippen LogP contribution in [0.3, 0.4) is 0 Å². The van der Waals surface area contributed by atoms with Gasteiger partial charge in [-0.1, -0.05) is 41.6 Å². The molecule has 0 radical (unpaired) electrons. The van der Waals surface area contributed by atoms with E-state index in [9.17, 15) is 9.90 Å². The van der Waals surface area contributed by atoms with Crippen LogP contribution in [-0.4, -0.2) is 65.1 Å². The Labute approximate surface area is 191 Å². The average molecular weight is 454 g/mol. The van der Waals surface area contributed by atoms with Crippen molar-refractivity contribution in [1.82, 2.24) is 15.2 Å². The quantitative estimate of drug-likeness (QED) is 0.517. The molecular formula is C23H24ClN5O3. The number of oxime groups is 1. The molecule has 0 unspecified atom stereocenters. The largest absolute Gasteiger partial charge is 0.494 e. The van der Waals surface area contributed by atoms with Crippen molar-refractivity contribution in [2.45, 2.75) is 12.5 Å². The van der Waals surface area contributed by atoms with E-state index in [1.807, 2.05) is 55.6 Å². The highest BCUT2D eigenvalue weighted by molar-refractivity contribution is 6.58. The van der Waals surface area contributed by atoms with Crippen LogP contribution in [0, 0.1) is 0 Å². The van der Waals surface area contributed by atoms with E-state index < -0.39 is 0 Å². The van der Waals surface area contributed by atoms with Gasteiger partial charge >= 0.3 is 0 Å². The highest BCUT2D eigenvalue weighted by atomic mass is 35.5. The number of carbonyl (C=O) groups excluding carboxylic acids is 1. The van der Waals surface area contributed by atoms with Crippen molar-refractivity contribution in [3.8, 4) is 5.88 Å². The van der Waals surface area contributed by atoms with Crippen molar-refractivity contribution in [2.75, 3.05) is 26.7 Å². The van der Waals surface area contributed by atoms with E-state index in [1.54, 1.807) is 0 Å². The van der Waals surface area contributed by atoms with Crippen LogP contribution in [-0.2, 0) is 9.63 Å². The lowest BCUT2D eigenvalue weighted by molar-refractivity contribution is -0.126. The van der Waals surface area contributed by atoms with Crippen molar-refractivity contribution >= 4 is 46.3 Å². The summed E-state index contributed by atoms with van der Waals surface area (Å²) in [5.74, 6) is -0.187. The molecule has 0 aliphatic carbocycles. The Hall–Kier alpha value is -3.36. The summed E-state index contributed by atoms with van der Waals surface area (Å²) in [6, 6.07) is 15.3. The van der Waals surface area contributed by atoms with Crippen LogP contribution in [0.15, 0.2) is 58.7 Å². The van der Waals surface area contributed by atoms with Crippen LogP contribution < -0.4 is 5.32 Å². The molecule has 1 amide bonds. The number of halogens is 1. The van der Waals surface area contributed by atoms with Gasteiger partial charge in [0.1, 0.15) is 11.4 Å². The van der Waals surface area contributed by atoms with Gasteiger partial charge in [-0.3, -0.25) is 4.79 Å². The summed E-state index contributed by atoms with van der Waals surface area (Å²) in [6.07, 6.45) is 0.931. The number of aromatic amines is 1. The summed E-state index contributed by atoms with van der Waals surface area (Å²) >= 11 is 0. The maximum absolute atomic E-state index is 12.3. The Morgan fingerprint density at radius 1 is 1.28 bits per heavy atom. The second-order valence-corrected chi connectivity index (χ2v) is 7.90. The van der Waals surface area contributed by atoms with Crippen LogP contribution in [0.5, 0.6) is 5.88 Å². The first-order chi connectivity index (χ1) is 15.1. The van der Waals surface area contributed by atoms with Gasteiger partial charge in [-0.05, 0) is 32.1 Å². The molecule has 8 nitrogen and oxygen atoms in total. The number of aliphatic imine (C=N–C) groups is 1. The van der Waals surface area contributed by atoms with E-state index in [0.29, 0.717) is 17.0 Å². The van der Waals surface area contributed by atoms with Crippen LogP contribution in [0.25, 0.3) is 10.9 Å². The van der Waals surface area contributed by atoms with Gasteiger partial charge in [-0.15, -0.1) is 12.4 Å². The Morgan fingerprint density at radius 2 is 2.06 bits per heavy atom. The molecule has 5 rings (SSSR count). The lowest BCUT2D eigenvalue weighted by atomic mass is 10.0. The first-order valence-corrected chi connectivity index (χ1v) is 10.3. The SMILES string of the molecule is CN1CC[C@H](NC(=O)CO/N=C2/C(c3c(O)[nH]c4ccccc34)=Nc3ccccc32)C1.Cl. The van der Waals surface area contributed by atoms with Gasteiger partial charge in [0.15, 0.2) is 12.5 Å². The molecule has 32 heavy (non-hydrogen) atoms. The second-order valence-electron chi connectivity index (χ2n) is 7.90. The number of amides is 1. The number of carbonyl (C=O) groups is 1. The fourth-order valence-corrected chi connectivity index (χ4v) is 4.18. The molecule has 0 saturated carbocycles. The third kappa shape index (κ3) is 4.06. The Kier molecular flexibility index (Phi) is 6.16. The number of likely N-dealkylation sites (tertiary alicyclic amines) is 1. The molecule has 1 atom stereocenters. The van der Waals surface area contributed by atoms with Gasteiger partial charge in [0, 0.05) is 29.1 Å². The van der Waals surface area contributed by atoms with E-state index in [1.165, 1.54) is 0 Å². The number of rotatable bonds is 5. The number of para-hydroxylation sites is 2. The highest BCUT2D eigenvalue weighted by Crippen LogP contribution is 2.35. The highest BCUT2D eigenvalue weighted by Gasteiger charge is 2.29. The monoisotopic (exact) mass is 453 g/mol. The molecule has 2 aromatic carbocycles. The van der Waals surface area contributed by atoms with E-state index >= 15 is 0 Å². The first kappa shape index (κ1) is 21.9. The Morgan fingerprint density at radius 3 is 2.88 bits per heavy atom. The Bertz CT molecular complexity index is 1220. The van der Waals surface area contributed by atoms with Crippen LogP contribution in [0.2, 0.25) is 0 Å². The summed E-state index contributed by atoms with van der Waals surface area (Å²) in [5.41, 5.74) is 3.89. The Balaban J connectivity index is 0.00000245. The third-order valence-corrected chi connectivity index (χ3v) is 5.65. The number of aromatic nitrogens is 1. The lowest BCUT2D eigenvalue weighted by Gasteiger charge is -2.12. The maximum Gasteiger partial charge on any atom is 0.261 e. The number of H-pyrrole nitrogens is 1. The maximum atomic E-state index is 12.3. The number of nitrogens with one attached hydrogen (secondary N) is 2. The number of nitrogens with zero attached hydrogens (tertiary/aromatic N) is 3. The number of likely N-dealkylation sites (N-methyl/N-ethyl adjacent to an activating group) is 1. The zero-order valence-corrected chi connectivity index (χ0v) is 18.4. The molecule has 1 fully saturated rings. The number of aromatic hydroxyl groups is 1. The van der Waals surface area contributed by atoms with Gasteiger partial charge < -0.3 is 25.1 Å². The molecule has 2 aliphatic heterocycles. The molecule has 3 N–H and O–H groups in total. The van der Waals surface area contributed by atoms with E-state index in [-0.39, 0.29) is 36.8 Å². The van der Waals surface area contributed by atoms with Crippen LogP contribution in [0.4, 0.5) is 5.69 Å². The molecule has 2 aliphatic rings. The summed E-state index contributed by atoms with van der Waals surface area (Å²) in [7, 11) is 2.03. The zero-order chi connectivity index (χ0) is 21.4. The first-order valence-electron chi connectivity index (χ1n) is 10.3. The summed E-state index contributed by atoms with van der Waals surface area (Å²) in [4.78, 5) is 27.6. The molecule has 0 spiro atoms. The normalized spacial score (nSPS) is 19.0. The molecule has 0 bridgehead atoms. The lowest BCUT2D eigenvalue weighted by Crippen LogP contribution is -2.38. The van der Waals surface area contributed by atoms with Crippen molar-refractivity contribution < 1.29 is 14.7 Å². The smallest absolute Gasteiger partial charge is 0.261 e. The number of hydrogen-bond acceptors (Lipinski definition) is 6. The second kappa shape index (κ2) is 9.02. The van der Waals surface area contributed by atoms with Crippen molar-refractivity contribution in [1.29, 1.82) is 0 Å². The fraction of sp³-hybridized carbons (Fsp3) is 0.261. The van der Waals surface area contributed by atoms with Gasteiger partial charge in [0.2, 0.25) is 0 Å². The van der Waals surface area contributed by atoms with E-state index in [0.717, 1.165) is 41.7 Å². The van der Waals surface area contributed by atoms with Crippen molar-refractivity contribution in [3.05, 3.63) is 59.7 Å². The molecular weight excluding hydrogens is 430 g/mol. The minimum atomic E-state index is -0.204. The number of fused-ring (bicyclic) bond motifs is 2. The van der Waals surface area contributed by atoms with Gasteiger partial charge in [0.25, 0.3) is 5.91 Å². The fourth-order valence-electron chi connectivity index (χ4n) is 4.18. The number of hydrogen-bond donors (Lipinski definition) is 3. The predicted molar refractivity (Wildman–Crippen MR) is 126 cm³/mol. The van der Waals surface area contributed by atoms with Crippen molar-refractivity contribution in [3.63, 3.8) is 0 Å². The van der Waals surface area contributed by atoms with Crippen molar-refractivity contribution in [2.24, 2.45) is 10.1 Å². The summed E-state index contributed by atoms with van der Waals surface area (Å²) in [6.45, 7) is 1.63. The molecule has 166 valence electrons. The molecule has 3 aromatic rings. The van der Waals surface area contributed by atoms with Gasteiger partial charge in [-0.2, -0.15) is 0 Å². The number of benzene rings is 2. The van der Waals surface area contributed by atoms with Gasteiger partial charge in [0.05, 0.1) is 11.3 Å². The standard InChI is InChI=1S/C23H23N5O3.ClH/c1-28-11-10-14(12-28)24-19(29)13-31-27-21-16-7-3-5-9-18(16)25-22(21)20-15-6-2-4-8-17(15)26-23(20)30;/h2-9,14,26,30H,10-13H2,1H3,(H,24,29);1H/b27-21+;/t14-;/m0./s1. The van der Waals surface area contributed by atoms with E-state index in [4.69, 9.17) is 9.83 Å². The molecule has 1 saturated heterocycles.